The second kappa shape index (κ2) is 11.6. The third kappa shape index (κ3) is 7.80. The molecule has 0 aromatic carbocycles. The molecule has 0 aromatic heterocycles. The quantitative estimate of drug-likeness (QED) is 0.280. The van der Waals surface area contributed by atoms with Crippen LogP contribution in [0.4, 0.5) is 0 Å². The molecule has 0 heterocycles. The highest BCUT2D eigenvalue weighted by molar-refractivity contribution is 4.82. The van der Waals surface area contributed by atoms with E-state index in [0.717, 1.165) is 6.42 Å². The van der Waals surface area contributed by atoms with Crippen molar-refractivity contribution >= 4 is 0 Å². The molecule has 0 aliphatic heterocycles. The maximum atomic E-state index is 5.24. The monoisotopic (exact) mass is 250 g/mol. The minimum Gasteiger partial charge on any atom is -0.120 e. The summed E-state index contributed by atoms with van der Waals surface area (Å²) in [6.07, 6.45) is 21.3. The Hall–Kier alpha value is -0.440. The molecule has 0 saturated carbocycles. The molecular weight excluding hydrogens is 216 g/mol. The first-order chi connectivity index (χ1) is 8.74. The summed E-state index contributed by atoms with van der Waals surface area (Å²) in [5.41, 5.74) is 0.646. The van der Waals surface area contributed by atoms with Gasteiger partial charge in [0.2, 0.25) is 0 Å². The first kappa shape index (κ1) is 17.6. The lowest BCUT2D eigenvalue weighted by Gasteiger charge is -2.30. The van der Waals surface area contributed by atoms with Gasteiger partial charge in [-0.3, -0.25) is 0 Å². The highest BCUT2D eigenvalue weighted by Gasteiger charge is 2.22. The van der Waals surface area contributed by atoms with Gasteiger partial charge in [0, 0.05) is 6.42 Å². The minimum atomic E-state index is 0.646. The van der Waals surface area contributed by atoms with E-state index in [-0.39, 0.29) is 0 Å². The van der Waals surface area contributed by atoms with Crippen molar-refractivity contribution in [2.75, 3.05) is 0 Å². The predicted molar refractivity (Wildman–Crippen MR) is 83.7 cm³/mol. The molecule has 0 bridgehead atoms. The molecule has 0 amide bonds. The number of hydrogen-bond acceptors (Lipinski definition) is 0. The highest BCUT2D eigenvalue weighted by atomic mass is 14.3. The Balaban J connectivity index is 3.42. The molecule has 0 aliphatic carbocycles. The lowest BCUT2D eigenvalue weighted by molar-refractivity contribution is 0.220. The molecule has 0 radical (unpaired) electrons. The first-order valence-electron chi connectivity index (χ1n) is 8.18. The Morgan fingerprint density at radius 2 is 1.17 bits per heavy atom. The fourth-order valence-electron chi connectivity index (χ4n) is 2.89. The van der Waals surface area contributed by atoms with Gasteiger partial charge in [-0.2, -0.15) is 0 Å². The topological polar surface area (TPSA) is 0 Å². The maximum absolute atomic E-state index is 5.24. The van der Waals surface area contributed by atoms with Crippen LogP contribution >= 0.6 is 0 Å². The fourth-order valence-corrected chi connectivity index (χ4v) is 2.89. The van der Waals surface area contributed by atoms with Gasteiger partial charge in [0.25, 0.3) is 0 Å². The lowest BCUT2D eigenvalue weighted by atomic mass is 9.75. The molecule has 0 rings (SSSR count). The zero-order chi connectivity index (χ0) is 13.7. The van der Waals surface area contributed by atoms with E-state index in [1.807, 2.05) is 0 Å². The minimum absolute atomic E-state index is 0.646. The van der Waals surface area contributed by atoms with Crippen molar-refractivity contribution in [3.63, 3.8) is 0 Å². The van der Waals surface area contributed by atoms with Crippen molar-refractivity contribution in [3.8, 4) is 12.3 Å². The van der Waals surface area contributed by atoms with Crippen LogP contribution in [0, 0.1) is 17.8 Å². The van der Waals surface area contributed by atoms with Crippen LogP contribution in [-0.4, -0.2) is 0 Å². The standard InChI is InChI=1S/C18H34/c1-5-9-10-11-12-13-14-15-16-17-18(6-2,7-3)8-4/h1H,6-17H2,2-4H3. The van der Waals surface area contributed by atoms with Crippen LogP contribution in [-0.2, 0) is 0 Å². The molecule has 0 spiro atoms. The SMILES string of the molecule is C#CCCCCCCCCCC(CC)(CC)CC. The van der Waals surface area contributed by atoms with Crippen molar-refractivity contribution in [2.45, 2.75) is 97.8 Å². The summed E-state index contributed by atoms with van der Waals surface area (Å²) in [6, 6.07) is 0. The molecule has 0 saturated heterocycles. The maximum Gasteiger partial charge on any atom is 0.00860 e. The molecule has 0 aliphatic rings. The van der Waals surface area contributed by atoms with E-state index in [0.29, 0.717) is 5.41 Å². The van der Waals surface area contributed by atoms with E-state index in [1.165, 1.54) is 70.6 Å². The van der Waals surface area contributed by atoms with Crippen molar-refractivity contribution in [2.24, 2.45) is 5.41 Å². The van der Waals surface area contributed by atoms with Gasteiger partial charge in [-0.1, -0.05) is 78.6 Å². The molecule has 18 heavy (non-hydrogen) atoms. The average molecular weight is 250 g/mol. The molecule has 0 unspecified atom stereocenters. The molecular formula is C18H34. The third-order valence-corrected chi connectivity index (χ3v) is 4.78. The third-order valence-electron chi connectivity index (χ3n) is 4.78. The van der Waals surface area contributed by atoms with Crippen LogP contribution in [0.1, 0.15) is 97.8 Å². The van der Waals surface area contributed by atoms with Gasteiger partial charge in [-0.25, -0.2) is 0 Å². The number of terminal acetylenes is 1. The summed E-state index contributed by atoms with van der Waals surface area (Å²) in [4.78, 5) is 0. The predicted octanol–water partition coefficient (Wildman–Crippen LogP) is 6.35. The molecule has 0 atom stereocenters. The zero-order valence-corrected chi connectivity index (χ0v) is 13.1. The molecule has 0 heteroatoms. The van der Waals surface area contributed by atoms with Gasteiger partial charge < -0.3 is 0 Å². The van der Waals surface area contributed by atoms with E-state index in [4.69, 9.17) is 6.42 Å². The van der Waals surface area contributed by atoms with Crippen molar-refractivity contribution in [1.82, 2.24) is 0 Å². The smallest absolute Gasteiger partial charge is 0.00860 e. The fraction of sp³-hybridized carbons (Fsp3) is 0.889. The zero-order valence-electron chi connectivity index (χ0n) is 13.1. The van der Waals surface area contributed by atoms with E-state index in [9.17, 15) is 0 Å². The number of unbranched alkanes of at least 4 members (excludes halogenated alkanes) is 7. The van der Waals surface area contributed by atoms with Crippen molar-refractivity contribution in [3.05, 3.63) is 0 Å². The Morgan fingerprint density at radius 3 is 1.61 bits per heavy atom. The van der Waals surface area contributed by atoms with Crippen LogP contribution in [0.25, 0.3) is 0 Å². The van der Waals surface area contributed by atoms with Gasteiger partial charge >= 0.3 is 0 Å². The van der Waals surface area contributed by atoms with Crippen LogP contribution in [0.3, 0.4) is 0 Å². The molecule has 0 fully saturated rings. The summed E-state index contributed by atoms with van der Waals surface area (Å²) in [7, 11) is 0. The van der Waals surface area contributed by atoms with E-state index in [1.54, 1.807) is 0 Å². The summed E-state index contributed by atoms with van der Waals surface area (Å²) < 4.78 is 0. The van der Waals surface area contributed by atoms with Crippen LogP contribution < -0.4 is 0 Å². The highest BCUT2D eigenvalue weighted by Crippen LogP contribution is 2.36. The van der Waals surface area contributed by atoms with E-state index >= 15 is 0 Å². The van der Waals surface area contributed by atoms with Crippen LogP contribution in [0.5, 0.6) is 0 Å². The lowest BCUT2D eigenvalue weighted by Crippen LogP contribution is -2.17. The Morgan fingerprint density at radius 1 is 0.722 bits per heavy atom. The van der Waals surface area contributed by atoms with E-state index < -0.39 is 0 Å². The van der Waals surface area contributed by atoms with Gasteiger partial charge in [0.05, 0.1) is 0 Å². The van der Waals surface area contributed by atoms with Gasteiger partial charge in [-0.05, 0) is 18.3 Å². The number of hydrogen-bond donors (Lipinski definition) is 0. The Bertz CT molecular complexity index is 196. The summed E-state index contributed by atoms with van der Waals surface area (Å²) >= 11 is 0. The first-order valence-corrected chi connectivity index (χ1v) is 8.18. The molecule has 0 nitrogen and oxygen atoms in total. The molecule has 106 valence electrons. The Labute approximate surface area is 116 Å². The molecule has 0 aromatic rings. The normalized spacial score (nSPS) is 11.4. The van der Waals surface area contributed by atoms with Gasteiger partial charge in [0.15, 0.2) is 0 Å². The van der Waals surface area contributed by atoms with Crippen molar-refractivity contribution < 1.29 is 0 Å². The summed E-state index contributed by atoms with van der Waals surface area (Å²) in [5, 5.41) is 0. The molecule has 0 N–H and O–H groups in total. The second-order valence-electron chi connectivity index (χ2n) is 5.74. The average Bonchev–Trinajstić information content (AvgIpc) is 2.42. The van der Waals surface area contributed by atoms with Crippen LogP contribution in [0.2, 0.25) is 0 Å². The number of rotatable bonds is 12. The van der Waals surface area contributed by atoms with Crippen LogP contribution in [0.15, 0.2) is 0 Å². The second-order valence-corrected chi connectivity index (χ2v) is 5.74. The van der Waals surface area contributed by atoms with E-state index in [2.05, 4.69) is 26.7 Å². The van der Waals surface area contributed by atoms with Gasteiger partial charge in [-0.15, -0.1) is 12.3 Å². The van der Waals surface area contributed by atoms with Crippen molar-refractivity contribution in [1.29, 1.82) is 0 Å². The summed E-state index contributed by atoms with van der Waals surface area (Å²) in [6.45, 7) is 7.08. The summed E-state index contributed by atoms with van der Waals surface area (Å²) in [5.74, 6) is 2.71. The Kier molecular flexibility index (Phi) is 11.4. The largest absolute Gasteiger partial charge is 0.120 e. The van der Waals surface area contributed by atoms with Gasteiger partial charge in [0.1, 0.15) is 0 Å².